The summed E-state index contributed by atoms with van der Waals surface area (Å²) in [7, 11) is 0. The number of hydrogen-bond donors (Lipinski definition) is 0. The summed E-state index contributed by atoms with van der Waals surface area (Å²) in [5.74, 6) is -0.403. The summed E-state index contributed by atoms with van der Waals surface area (Å²) in [5, 5.41) is 0. The van der Waals surface area contributed by atoms with E-state index in [0.29, 0.717) is 38.8 Å². The van der Waals surface area contributed by atoms with Crippen molar-refractivity contribution < 1.29 is 14.4 Å². The van der Waals surface area contributed by atoms with Gasteiger partial charge in [-0.3, -0.25) is 19.4 Å². The average Bonchev–Trinajstić information content (AvgIpc) is 2.74. The van der Waals surface area contributed by atoms with Crippen molar-refractivity contribution in [2.45, 2.75) is 65.2 Å². The molecule has 5 nitrogen and oxygen atoms in total. The van der Waals surface area contributed by atoms with Crippen LogP contribution in [-0.2, 0) is 20.8 Å². The molecule has 2 heterocycles. The fourth-order valence-electron chi connectivity index (χ4n) is 5.68. The summed E-state index contributed by atoms with van der Waals surface area (Å²) < 4.78 is 0. The van der Waals surface area contributed by atoms with Gasteiger partial charge >= 0.3 is 0 Å². The lowest BCUT2D eigenvalue weighted by atomic mass is 9.62. The van der Waals surface area contributed by atoms with Gasteiger partial charge in [-0.1, -0.05) is 23.8 Å². The second kappa shape index (κ2) is 8.97. The molecule has 2 aromatic rings. The van der Waals surface area contributed by atoms with Crippen LogP contribution in [0.4, 0.5) is 0 Å². The molecule has 1 aliphatic heterocycles. The molecule has 168 valence electrons. The van der Waals surface area contributed by atoms with E-state index in [0.717, 1.165) is 40.8 Å². The Balaban J connectivity index is 1.39. The summed E-state index contributed by atoms with van der Waals surface area (Å²) in [5.41, 5.74) is 4.75. The molecule has 1 aromatic carbocycles. The molecule has 1 saturated heterocycles. The van der Waals surface area contributed by atoms with Crippen molar-refractivity contribution in [3.63, 3.8) is 0 Å². The van der Waals surface area contributed by atoms with Crippen molar-refractivity contribution in [1.82, 2.24) is 9.88 Å². The maximum Gasteiger partial charge on any atom is 0.222 e. The van der Waals surface area contributed by atoms with Crippen LogP contribution in [0.1, 0.15) is 66.0 Å². The Morgan fingerprint density at radius 1 is 1.03 bits per heavy atom. The van der Waals surface area contributed by atoms with Gasteiger partial charge in [0, 0.05) is 44.2 Å². The number of benzene rings is 1. The van der Waals surface area contributed by atoms with Crippen LogP contribution in [0.3, 0.4) is 0 Å². The predicted molar refractivity (Wildman–Crippen MR) is 123 cm³/mol. The molecule has 32 heavy (non-hydrogen) atoms. The molecule has 0 unspecified atom stereocenters. The monoisotopic (exact) mass is 432 g/mol. The molecular weight excluding hydrogens is 400 g/mol. The zero-order valence-corrected chi connectivity index (χ0v) is 19.3. The van der Waals surface area contributed by atoms with Gasteiger partial charge in [0.25, 0.3) is 0 Å². The molecule has 2 aliphatic rings. The summed E-state index contributed by atoms with van der Waals surface area (Å²) >= 11 is 0. The number of ketones is 2. The minimum absolute atomic E-state index is 0.0474. The number of piperidine rings is 1. The smallest absolute Gasteiger partial charge is 0.222 e. The van der Waals surface area contributed by atoms with Crippen molar-refractivity contribution >= 4 is 17.5 Å². The first-order valence-electron chi connectivity index (χ1n) is 11.6. The van der Waals surface area contributed by atoms with Crippen LogP contribution in [0.5, 0.6) is 0 Å². The van der Waals surface area contributed by atoms with Crippen LogP contribution in [0.2, 0.25) is 0 Å². The van der Waals surface area contributed by atoms with E-state index in [4.69, 9.17) is 0 Å². The van der Waals surface area contributed by atoms with E-state index < -0.39 is 5.92 Å². The van der Waals surface area contributed by atoms with Crippen LogP contribution in [-0.4, -0.2) is 40.4 Å². The van der Waals surface area contributed by atoms with Gasteiger partial charge in [0.15, 0.2) is 0 Å². The van der Waals surface area contributed by atoms with Gasteiger partial charge in [0.1, 0.15) is 17.5 Å². The van der Waals surface area contributed by atoms with Gasteiger partial charge in [-0.05, 0) is 74.3 Å². The Bertz CT molecular complexity index is 993. The maximum absolute atomic E-state index is 13.2. The standard InChI is InChI=1S/C27H32N2O3/c1-18-14-19(2)25(20(3)15-18)26-22(30)16-27(17-23(26)31)9-12-29(13-10-27)24(32)8-7-21-6-4-5-11-28-21/h4-6,11,14-15,26H,7-10,12-13,16-17H2,1-3H3. The highest BCUT2D eigenvalue weighted by atomic mass is 16.2. The number of Topliss-reactive ketones (excluding diaryl/α,β-unsaturated/α-hetero) is 2. The number of aryl methyl sites for hydroxylation is 4. The van der Waals surface area contributed by atoms with E-state index in [1.165, 1.54) is 0 Å². The summed E-state index contributed by atoms with van der Waals surface area (Å²) in [4.78, 5) is 45.3. The third kappa shape index (κ3) is 4.52. The fourth-order valence-corrected chi connectivity index (χ4v) is 5.68. The van der Waals surface area contributed by atoms with Gasteiger partial charge in [-0.2, -0.15) is 0 Å². The van der Waals surface area contributed by atoms with E-state index in [-0.39, 0.29) is 22.9 Å². The topological polar surface area (TPSA) is 67.3 Å². The van der Waals surface area contributed by atoms with Gasteiger partial charge in [-0.15, -0.1) is 0 Å². The lowest BCUT2D eigenvalue weighted by molar-refractivity contribution is -0.140. The van der Waals surface area contributed by atoms with Crippen LogP contribution >= 0.6 is 0 Å². The van der Waals surface area contributed by atoms with Crippen LogP contribution < -0.4 is 0 Å². The second-order valence-electron chi connectivity index (χ2n) is 9.73. The average molecular weight is 433 g/mol. The summed E-state index contributed by atoms with van der Waals surface area (Å²) in [6.07, 6.45) is 5.13. The molecule has 0 N–H and O–H groups in total. The Kier molecular flexibility index (Phi) is 6.27. The Labute approximate surface area is 190 Å². The number of carbonyl (C=O) groups excluding carboxylic acids is 3. The molecule has 0 bridgehead atoms. The zero-order valence-electron chi connectivity index (χ0n) is 19.3. The van der Waals surface area contributed by atoms with Crippen LogP contribution in [0.25, 0.3) is 0 Å². The van der Waals surface area contributed by atoms with E-state index in [9.17, 15) is 14.4 Å². The summed E-state index contributed by atoms with van der Waals surface area (Å²) in [6.45, 7) is 7.27. The molecule has 4 rings (SSSR count). The number of aromatic nitrogens is 1. The maximum atomic E-state index is 13.2. The third-order valence-corrected chi connectivity index (χ3v) is 7.27. The van der Waals surface area contributed by atoms with E-state index >= 15 is 0 Å². The first-order chi connectivity index (χ1) is 15.3. The zero-order chi connectivity index (χ0) is 22.9. The molecule has 1 saturated carbocycles. The largest absolute Gasteiger partial charge is 0.343 e. The molecule has 0 atom stereocenters. The number of hydrogen-bond acceptors (Lipinski definition) is 4. The van der Waals surface area contributed by atoms with Crippen molar-refractivity contribution in [2.24, 2.45) is 5.41 Å². The Morgan fingerprint density at radius 2 is 1.66 bits per heavy atom. The highest BCUT2D eigenvalue weighted by Gasteiger charge is 2.47. The molecule has 0 radical (unpaired) electrons. The van der Waals surface area contributed by atoms with Gasteiger partial charge in [0.05, 0.1) is 0 Å². The summed E-state index contributed by atoms with van der Waals surface area (Å²) in [6, 6.07) is 9.85. The number of nitrogens with zero attached hydrogens (tertiary/aromatic N) is 2. The number of likely N-dealkylation sites (tertiary alicyclic amines) is 1. The molecule has 1 aromatic heterocycles. The molecule has 1 amide bonds. The number of carbonyl (C=O) groups is 3. The van der Waals surface area contributed by atoms with Gasteiger partial charge in [-0.25, -0.2) is 0 Å². The quantitative estimate of drug-likeness (QED) is 0.677. The highest BCUT2D eigenvalue weighted by Crippen LogP contribution is 2.46. The van der Waals surface area contributed by atoms with Crippen molar-refractivity contribution in [1.29, 1.82) is 0 Å². The normalized spacial score (nSPS) is 18.9. The molecule has 1 spiro atoms. The van der Waals surface area contributed by atoms with E-state index in [2.05, 4.69) is 17.1 Å². The Hall–Kier alpha value is -2.82. The SMILES string of the molecule is Cc1cc(C)c(C2C(=O)CC3(CCN(C(=O)CCc4ccccn4)CC3)CC2=O)c(C)c1. The lowest BCUT2D eigenvalue weighted by Gasteiger charge is -2.45. The number of amides is 1. The van der Waals surface area contributed by atoms with Crippen molar-refractivity contribution in [3.05, 3.63) is 64.5 Å². The van der Waals surface area contributed by atoms with Crippen LogP contribution in [0, 0.1) is 26.2 Å². The predicted octanol–water partition coefficient (Wildman–Crippen LogP) is 4.26. The first kappa shape index (κ1) is 22.4. The van der Waals surface area contributed by atoms with E-state index in [1.54, 1.807) is 6.20 Å². The van der Waals surface area contributed by atoms with E-state index in [1.807, 2.05) is 43.9 Å². The fraction of sp³-hybridized carbons (Fsp3) is 0.481. The van der Waals surface area contributed by atoms with Gasteiger partial charge < -0.3 is 4.90 Å². The lowest BCUT2D eigenvalue weighted by Crippen LogP contribution is -2.48. The minimum atomic E-state index is -0.626. The van der Waals surface area contributed by atoms with Crippen molar-refractivity contribution in [3.8, 4) is 0 Å². The third-order valence-electron chi connectivity index (χ3n) is 7.27. The number of rotatable bonds is 4. The molecule has 5 heteroatoms. The molecule has 2 fully saturated rings. The number of pyridine rings is 1. The molecular formula is C27H32N2O3. The minimum Gasteiger partial charge on any atom is -0.343 e. The van der Waals surface area contributed by atoms with Gasteiger partial charge in [0.2, 0.25) is 5.91 Å². The first-order valence-corrected chi connectivity index (χ1v) is 11.6. The highest BCUT2D eigenvalue weighted by molar-refractivity contribution is 6.10. The molecule has 1 aliphatic carbocycles. The van der Waals surface area contributed by atoms with Crippen molar-refractivity contribution in [2.75, 3.05) is 13.1 Å². The van der Waals surface area contributed by atoms with Crippen LogP contribution in [0.15, 0.2) is 36.5 Å². The Morgan fingerprint density at radius 3 is 2.22 bits per heavy atom. The second-order valence-corrected chi connectivity index (χ2v) is 9.73.